The smallest absolute Gasteiger partial charge is 0.344 e. The molecule has 3 nitrogen and oxygen atoms in total. The number of halogens is 2. The van der Waals surface area contributed by atoms with E-state index in [1.807, 2.05) is 13.0 Å². The standard InChI is InChI=1S/C23H16ClFO3/c1-14-20-12-19(27-13-15-3-2-4-18(25)11-15)9-10-21(20)28-23(26)22(14)16-5-7-17(24)8-6-16/h2-12H,13H2,1H3. The molecule has 0 N–H and O–H groups in total. The predicted octanol–water partition coefficient (Wildman–Crippen LogP) is 6.14. The van der Waals surface area contributed by atoms with Crippen molar-refractivity contribution in [3.8, 4) is 16.9 Å². The molecule has 5 heteroatoms. The molecule has 0 aliphatic rings. The number of ether oxygens (including phenoxy) is 1. The Balaban J connectivity index is 1.72. The van der Waals surface area contributed by atoms with Gasteiger partial charge in [-0.1, -0.05) is 35.9 Å². The van der Waals surface area contributed by atoms with Crippen molar-refractivity contribution < 1.29 is 13.5 Å². The van der Waals surface area contributed by atoms with Crippen LogP contribution in [0, 0.1) is 12.7 Å². The van der Waals surface area contributed by atoms with Crippen molar-refractivity contribution in [3.05, 3.63) is 99.1 Å². The van der Waals surface area contributed by atoms with Crippen molar-refractivity contribution in [3.63, 3.8) is 0 Å². The SMILES string of the molecule is Cc1c(-c2ccc(Cl)cc2)c(=O)oc2ccc(OCc3cccc(F)c3)cc12. The van der Waals surface area contributed by atoms with Gasteiger partial charge in [-0.05, 0) is 66.1 Å². The first-order valence-electron chi connectivity index (χ1n) is 8.72. The van der Waals surface area contributed by atoms with Gasteiger partial charge in [-0.15, -0.1) is 0 Å². The number of hydrogen-bond acceptors (Lipinski definition) is 3. The van der Waals surface area contributed by atoms with Crippen LogP contribution in [0.2, 0.25) is 5.02 Å². The van der Waals surface area contributed by atoms with Gasteiger partial charge < -0.3 is 9.15 Å². The monoisotopic (exact) mass is 394 g/mol. The molecule has 0 saturated carbocycles. The van der Waals surface area contributed by atoms with E-state index < -0.39 is 5.63 Å². The van der Waals surface area contributed by atoms with Gasteiger partial charge >= 0.3 is 5.63 Å². The van der Waals surface area contributed by atoms with Crippen LogP contribution in [0.1, 0.15) is 11.1 Å². The molecule has 3 aromatic carbocycles. The van der Waals surface area contributed by atoms with E-state index in [0.717, 1.165) is 22.1 Å². The second-order valence-corrected chi connectivity index (χ2v) is 6.91. The van der Waals surface area contributed by atoms with Crippen LogP contribution in [0.3, 0.4) is 0 Å². The molecule has 0 bridgehead atoms. The van der Waals surface area contributed by atoms with Crippen LogP contribution in [0.15, 0.2) is 75.9 Å². The van der Waals surface area contributed by atoms with Gasteiger partial charge in [-0.25, -0.2) is 9.18 Å². The van der Waals surface area contributed by atoms with E-state index in [2.05, 4.69) is 0 Å². The summed E-state index contributed by atoms with van der Waals surface area (Å²) in [4.78, 5) is 12.5. The summed E-state index contributed by atoms with van der Waals surface area (Å²) in [5, 5.41) is 1.38. The van der Waals surface area contributed by atoms with Crippen molar-refractivity contribution in [1.29, 1.82) is 0 Å². The molecular formula is C23H16ClFO3. The van der Waals surface area contributed by atoms with Crippen molar-refractivity contribution in [2.75, 3.05) is 0 Å². The average molecular weight is 395 g/mol. The molecular weight excluding hydrogens is 379 g/mol. The van der Waals surface area contributed by atoms with Crippen LogP contribution in [-0.4, -0.2) is 0 Å². The average Bonchev–Trinajstić information content (AvgIpc) is 2.68. The maximum Gasteiger partial charge on any atom is 0.344 e. The third-order valence-corrected chi connectivity index (χ3v) is 4.82. The largest absolute Gasteiger partial charge is 0.489 e. The summed E-state index contributed by atoms with van der Waals surface area (Å²) >= 11 is 5.95. The highest BCUT2D eigenvalue weighted by atomic mass is 35.5. The van der Waals surface area contributed by atoms with Gasteiger partial charge in [0.1, 0.15) is 23.8 Å². The molecule has 0 atom stereocenters. The van der Waals surface area contributed by atoms with Crippen LogP contribution in [0.25, 0.3) is 22.1 Å². The molecule has 4 aromatic rings. The third-order valence-electron chi connectivity index (χ3n) is 4.56. The van der Waals surface area contributed by atoms with Crippen molar-refractivity contribution in [2.45, 2.75) is 13.5 Å². The fraction of sp³-hybridized carbons (Fsp3) is 0.0870. The van der Waals surface area contributed by atoms with E-state index in [4.69, 9.17) is 20.8 Å². The van der Waals surface area contributed by atoms with Crippen molar-refractivity contribution in [2.24, 2.45) is 0 Å². The lowest BCUT2D eigenvalue weighted by molar-refractivity contribution is 0.306. The zero-order valence-corrected chi connectivity index (χ0v) is 15.8. The zero-order chi connectivity index (χ0) is 19.7. The molecule has 0 unspecified atom stereocenters. The van der Waals surface area contributed by atoms with Gasteiger partial charge in [-0.3, -0.25) is 0 Å². The van der Waals surface area contributed by atoms with Crippen molar-refractivity contribution in [1.82, 2.24) is 0 Å². The topological polar surface area (TPSA) is 39.4 Å². The highest BCUT2D eigenvalue weighted by Crippen LogP contribution is 2.30. The fourth-order valence-electron chi connectivity index (χ4n) is 3.16. The summed E-state index contributed by atoms with van der Waals surface area (Å²) in [5.41, 5.74) is 2.84. The van der Waals surface area contributed by atoms with E-state index in [9.17, 15) is 9.18 Å². The van der Waals surface area contributed by atoms with Crippen LogP contribution >= 0.6 is 11.6 Å². The highest BCUT2D eigenvalue weighted by Gasteiger charge is 2.14. The first-order chi connectivity index (χ1) is 13.5. The summed E-state index contributed by atoms with van der Waals surface area (Å²) in [7, 11) is 0. The molecule has 0 saturated heterocycles. The maximum atomic E-state index is 13.3. The Kier molecular flexibility index (Phi) is 4.88. The lowest BCUT2D eigenvalue weighted by Gasteiger charge is -2.11. The zero-order valence-electron chi connectivity index (χ0n) is 15.0. The number of benzene rings is 3. The Hall–Kier alpha value is -3.11. The van der Waals surface area contributed by atoms with Gasteiger partial charge in [0.25, 0.3) is 0 Å². The molecule has 0 spiro atoms. The molecule has 0 aliphatic heterocycles. The summed E-state index contributed by atoms with van der Waals surface area (Å²) < 4.78 is 24.6. The lowest BCUT2D eigenvalue weighted by Crippen LogP contribution is -2.06. The first kappa shape index (κ1) is 18.3. The highest BCUT2D eigenvalue weighted by molar-refractivity contribution is 6.30. The van der Waals surface area contributed by atoms with E-state index >= 15 is 0 Å². The van der Waals surface area contributed by atoms with Gasteiger partial charge in [-0.2, -0.15) is 0 Å². The Morgan fingerprint density at radius 1 is 1.04 bits per heavy atom. The van der Waals surface area contributed by atoms with Crippen LogP contribution < -0.4 is 10.4 Å². The second-order valence-electron chi connectivity index (χ2n) is 6.47. The van der Waals surface area contributed by atoms with Gasteiger partial charge in [0.2, 0.25) is 0 Å². The van der Waals surface area contributed by atoms with Gasteiger partial charge in [0.15, 0.2) is 0 Å². The second kappa shape index (κ2) is 7.49. The minimum Gasteiger partial charge on any atom is -0.489 e. The quantitative estimate of drug-likeness (QED) is 0.390. The van der Waals surface area contributed by atoms with Gasteiger partial charge in [0, 0.05) is 10.4 Å². The van der Waals surface area contributed by atoms with Crippen LogP contribution in [0.4, 0.5) is 4.39 Å². The summed E-state index contributed by atoms with van der Waals surface area (Å²) in [6.07, 6.45) is 0. The van der Waals surface area contributed by atoms with Crippen LogP contribution in [0.5, 0.6) is 5.75 Å². The number of rotatable bonds is 4. The summed E-state index contributed by atoms with van der Waals surface area (Å²) in [6, 6.07) is 18.6. The Morgan fingerprint density at radius 3 is 2.57 bits per heavy atom. The lowest BCUT2D eigenvalue weighted by atomic mass is 9.99. The van der Waals surface area contributed by atoms with E-state index in [0.29, 0.717) is 21.9 Å². The third kappa shape index (κ3) is 3.64. The van der Waals surface area contributed by atoms with E-state index in [-0.39, 0.29) is 12.4 Å². The molecule has 4 rings (SSSR count). The first-order valence-corrected chi connectivity index (χ1v) is 9.10. The molecule has 0 radical (unpaired) electrons. The predicted molar refractivity (Wildman–Crippen MR) is 108 cm³/mol. The summed E-state index contributed by atoms with van der Waals surface area (Å²) in [6.45, 7) is 2.11. The fourth-order valence-corrected chi connectivity index (χ4v) is 3.29. The number of hydrogen-bond donors (Lipinski definition) is 0. The molecule has 1 aromatic heterocycles. The molecule has 140 valence electrons. The van der Waals surface area contributed by atoms with Gasteiger partial charge in [0.05, 0.1) is 5.56 Å². The minimum absolute atomic E-state index is 0.239. The Labute approximate surface area is 166 Å². The summed E-state index contributed by atoms with van der Waals surface area (Å²) in [5.74, 6) is 0.306. The normalized spacial score (nSPS) is 11.0. The Morgan fingerprint density at radius 2 is 1.82 bits per heavy atom. The maximum absolute atomic E-state index is 13.3. The minimum atomic E-state index is -0.402. The van der Waals surface area contributed by atoms with Crippen LogP contribution in [-0.2, 0) is 6.61 Å². The number of aryl methyl sites for hydroxylation is 1. The Bertz CT molecular complexity index is 1210. The number of fused-ring (bicyclic) bond motifs is 1. The van der Waals surface area contributed by atoms with E-state index in [1.54, 1.807) is 48.5 Å². The molecule has 0 fully saturated rings. The van der Waals surface area contributed by atoms with E-state index in [1.165, 1.54) is 12.1 Å². The molecule has 0 aliphatic carbocycles. The molecule has 0 amide bonds. The molecule has 1 heterocycles. The molecule has 28 heavy (non-hydrogen) atoms. The van der Waals surface area contributed by atoms with Crippen molar-refractivity contribution >= 4 is 22.6 Å².